The smallest absolute Gasteiger partial charge is 0.264 e. The molecule has 0 aromatic heterocycles. The fourth-order valence-corrected chi connectivity index (χ4v) is 14.0. The molecule has 8 rings (SSSR count). The van der Waals surface area contributed by atoms with Crippen LogP contribution in [0.3, 0.4) is 0 Å². The van der Waals surface area contributed by atoms with Crippen molar-refractivity contribution in [2.45, 2.75) is 88.1 Å². The molecule has 10 nitrogen and oxygen atoms in total. The summed E-state index contributed by atoms with van der Waals surface area (Å²) < 4.78 is 12.8. The highest BCUT2D eigenvalue weighted by Crippen LogP contribution is 2.60. The molecule has 4 aliphatic heterocycles. The molecule has 4 aromatic carbocycles. The number of carbonyl (C=O) groups excluding carboxylic acids is 3. The van der Waals surface area contributed by atoms with Gasteiger partial charge in [-0.15, -0.1) is 0 Å². The molecule has 0 unspecified atom stereocenters. The first-order chi connectivity index (χ1) is 27.0. The second kappa shape index (κ2) is 15.3. The molecule has 0 radical (unpaired) electrons. The van der Waals surface area contributed by atoms with Gasteiger partial charge in [-0.25, -0.2) is 0 Å². The molecular weight excluding hydrogens is 721 g/mol. The van der Waals surface area contributed by atoms with E-state index in [-0.39, 0.29) is 60.8 Å². The Morgan fingerprint density at radius 1 is 1.00 bits per heavy atom. The van der Waals surface area contributed by atoms with Gasteiger partial charge < -0.3 is 35.0 Å². The summed E-state index contributed by atoms with van der Waals surface area (Å²) in [5, 5.41) is 18.0. The van der Waals surface area contributed by atoms with Crippen molar-refractivity contribution in [3.63, 3.8) is 0 Å². The zero-order valence-electron chi connectivity index (χ0n) is 32.7. The van der Waals surface area contributed by atoms with Crippen molar-refractivity contribution in [2.24, 2.45) is 5.92 Å². The number of hydrogen-bond acceptors (Lipinski definition) is 7. The maximum Gasteiger partial charge on any atom is 0.264 e. The number of aliphatic hydroxyl groups excluding tert-OH is 1. The molecule has 2 saturated heterocycles. The summed E-state index contributed by atoms with van der Waals surface area (Å²) in [6.07, 6.45) is 1.91. The van der Waals surface area contributed by atoms with Crippen LogP contribution in [0.25, 0.3) is 0 Å². The number of rotatable bonds is 10. The highest BCUT2D eigenvalue weighted by atomic mass is 28.3. The molecule has 56 heavy (non-hydrogen) atoms. The molecule has 0 aliphatic carbocycles. The Hall–Kier alpha value is -4.81. The quantitative estimate of drug-likeness (QED) is 0.183. The number of para-hydroxylation sites is 1. The number of methoxy groups -OCH3 is 1. The number of nitrogens with zero attached hydrogens (tertiary/aromatic N) is 2. The topological polar surface area (TPSA) is 120 Å². The van der Waals surface area contributed by atoms with Gasteiger partial charge >= 0.3 is 0 Å². The van der Waals surface area contributed by atoms with E-state index in [1.807, 2.05) is 88.7 Å². The van der Waals surface area contributed by atoms with Crippen LogP contribution in [0.15, 0.2) is 97.1 Å². The average Bonchev–Trinajstić information content (AvgIpc) is 3.92. The van der Waals surface area contributed by atoms with Crippen molar-refractivity contribution in [3.8, 4) is 5.75 Å². The van der Waals surface area contributed by atoms with Crippen molar-refractivity contribution in [1.29, 1.82) is 0 Å². The lowest BCUT2D eigenvalue weighted by atomic mass is 9.82. The van der Waals surface area contributed by atoms with Crippen LogP contribution in [0, 0.1) is 5.92 Å². The molecule has 0 bridgehead atoms. The summed E-state index contributed by atoms with van der Waals surface area (Å²) in [7, 11) is -0.843. The summed E-state index contributed by atoms with van der Waals surface area (Å²) in [6.45, 7) is 8.17. The summed E-state index contributed by atoms with van der Waals surface area (Å²) in [5.41, 5.74) is 3.97. The molecule has 1 spiro atoms. The van der Waals surface area contributed by atoms with Gasteiger partial charge in [-0.3, -0.25) is 14.4 Å². The lowest BCUT2D eigenvalue weighted by molar-refractivity contribution is -0.151. The molecule has 292 valence electrons. The molecule has 4 heterocycles. The monoisotopic (exact) mass is 772 g/mol. The first-order valence-corrected chi connectivity index (χ1v) is 23.0. The number of hydrogen-bond donors (Lipinski definition) is 3. The molecule has 0 saturated carbocycles. The second-order valence-electron chi connectivity index (χ2n) is 16.4. The maximum atomic E-state index is 15.3. The van der Waals surface area contributed by atoms with Gasteiger partial charge in [-0.05, 0) is 78.4 Å². The average molecular weight is 773 g/mol. The molecule has 3 N–H and O–H groups in total. The Bertz CT molecular complexity index is 2120. The summed E-state index contributed by atoms with van der Waals surface area (Å²) >= 11 is 0. The zero-order valence-corrected chi connectivity index (χ0v) is 33.7. The third-order valence-electron chi connectivity index (χ3n) is 12.9. The normalized spacial score (nSPS) is 25.7. The van der Waals surface area contributed by atoms with Gasteiger partial charge in [-0.2, -0.15) is 0 Å². The van der Waals surface area contributed by atoms with Crippen molar-refractivity contribution >= 4 is 42.4 Å². The molecule has 2 fully saturated rings. The van der Waals surface area contributed by atoms with Crippen molar-refractivity contribution in [3.05, 3.63) is 119 Å². The SMILES string of the molecule is COc1ccc([Si](C)(C)[C@H]2[C@H](CC(=O)N3Cc4ccccc4C[C@H]3CO)O[C@@]3(C(=O)N(Cc4cccc(NC(=O)[C@H]5CCCN5)c4)c4ccccc43)[C@@H]2C)cc1. The standard InChI is InChI=1S/C45H52N4O6Si/c1-29-42(56(3,4)36-20-18-35(54-2)19-21-36)40(25-41(51)48-27-32-13-6-5-12-31(32)24-34(48)28-50)55-45(29)37-15-7-8-17-39(37)49(44(45)53)26-30-11-9-14-33(23-30)47-43(52)38-16-10-22-46-38/h5-9,11-15,17-21,23,29,34,38,40,42,46,50H,10,16,22,24-28H2,1-4H3,(H,47,52)/t29-,34+,38-,40+,42-,45+/m1/s1. The molecule has 11 heteroatoms. The van der Waals surface area contributed by atoms with Gasteiger partial charge in [0.25, 0.3) is 5.91 Å². The van der Waals surface area contributed by atoms with Gasteiger partial charge in [0.05, 0.1) is 58.6 Å². The molecule has 3 amide bonds. The minimum atomic E-state index is -2.50. The van der Waals surface area contributed by atoms with Crippen LogP contribution < -0.4 is 25.5 Å². The first-order valence-electron chi connectivity index (χ1n) is 19.9. The van der Waals surface area contributed by atoms with E-state index >= 15 is 4.79 Å². The largest absolute Gasteiger partial charge is 0.497 e. The summed E-state index contributed by atoms with van der Waals surface area (Å²) in [6, 6.07) is 31.3. The van der Waals surface area contributed by atoms with Crippen LogP contribution in [0.1, 0.15) is 48.4 Å². The van der Waals surface area contributed by atoms with Crippen LogP contribution >= 0.6 is 0 Å². The number of aliphatic hydroxyl groups is 1. The van der Waals surface area contributed by atoms with Crippen molar-refractivity contribution in [2.75, 3.05) is 30.5 Å². The molecule has 4 aliphatic rings. The van der Waals surface area contributed by atoms with Crippen molar-refractivity contribution in [1.82, 2.24) is 10.2 Å². The number of ether oxygens (including phenoxy) is 2. The number of fused-ring (bicyclic) bond motifs is 3. The van der Waals surface area contributed by atoms with Crippen LogP contribution in [0.2, 0.25) is 18.6 Å². The third-order valence-corrected chi connectivity index (χ3v) is 17.3. The number of benzene rings is 4. The first kappa shape index (κ1) is 38.1. The van der Waals surface area contributed by atoms with Gasteiger partial charge in [0.1, 0.15) is 5.75 Å². The molecule has 6 atom stereocenters. The number of anilines is 2. The van der Waals surface area contributed by atoms with E-state index < -0.39 is 19.8 Å². The van der Waals surface area contributed by atoms with Gasteiger partial charge in [0.2, 0.25) is 11.8 Å². The van der Waals surface area contributed by atoms with Gasteiger partial charge in [0, 0.05) is 23.7 Å². The lowest BCUT2D eigenvalue weighted by Crippen LogP contribution is -2.52. The van der Waals surface area contributed by atoms with Crippen molar-refractivity contribution < 1.29 is 29.0 Å². The van der Waals surface area contributed by atoms with Crippen LogP contribution in [0.5, 0.6) is 5.75 Å². The van der Waals surface area contributed by atoms with E-state index in [0.717, 1.165) is 53.1 Å². The fourth-order valence-electron chi connectivity index (χ4n) is 10.0. The number of nitrogens with one attached hydrogen (secondary N) is 2. The van der Waals surface area contributed by atoms with E-state index in [1.54, 1.807) is 7.11 Å². The fraction of sp³-hybridized carbons (Fsp3) is 0.400. The van der Waals surface area contributed by atoms with E-state index in [1.165, 1.54) is 5.19 Å². The number of amides is 3. The van der Waals surface area contributed by atoms with E-state index in [2.05, 4.69) is 48.9 Å². The highest BCUT2D eigenvalue weighted by molar-refractivity contribution is 6.91. The third kappa shape index (κ3) is 6.64. The van der Waals surface area contributed by atoms with Crippen LogP contribution in [-0.4, -0.2) is 74.3 Å². The molecule has 4 aromatic rings. The number of carbonyl (C=O) groups is 3. The minimum absolute atomic E-state index is 0.0521. The Balaban J connectivity index is 1.14. The van der Waals surface area contributed by atoms with E-state index in [4.69, 9.17) is 9.47 Å². The molecular formula is C45H52N4O6Si. The Morgan fingerprint density at radius 3 is 2.48 bits per heavy atom. The van der Waals surface area contributed by atoms with Crippen LogP contribution in [-0.2, 0) is 44.2 Å². The Morgan fingerprint density at radius 2 is 1.75 bits per heavy atom. The van der Waals surface area contributed by atoms with Gasteiger partial charge in [-0.1, -0.05) is 91.9 Å². The van der Waals surface area contributed by atoms with E-state index in [0.29, 0.717) is 18.7 Å². The lowest BCUT2D eigenvalue weighted by Gasteiger charge is -2.39. The van der Waals surface area contributed by atoms with Gasteiger partial charge in [0.15, 0.2) is 5.60 Å². The van der Waals surface area contributed by atoms with E-state index in [9.17, 15) is 14.7 Å². The highest BCUT2D eigenvalue weighted by Gasteiger charge is 2.66. The Labute approximate surface area is 330 Å². The maximum absolute atomic E-state index is 15.3. The predicted molar refractivity (Wildman–Crippen MR) is 219 cm³/mol. The summed E-state index contributed by atoms with van der Waals surface area (Å²) in [4.78, 5) is 46.4. The predicted octanol–water partition coefficient (Wildman–Crippen LogP) is 5.48. The Kier molecular flexibility index (Phi) is 10.4. The second-order valence-corrected chi connectivity index (χ2v) is 21.1. The van der Waals surface area contributed by atoms with Crippen LogP contribution in [0.4, 0.5) is 11.4 Å². The summed E-state index contributed by atoms with van der Waals surface area (Å²) in [5.74, 6) is 0.217. The minimum Gasteiger partial charge on any atom is -0.497 e. The zero-order chi connectivity index (χ0) is 39.2.